The maximum absolute atomic E-state index is 13.0. The lowest BCUT2D eigenvalue weighted by Crippen LogP contribution is -2.33. The van der Waals surface area contributed by atoms with E-state index in [0.29, 0.717) is 30.9 Å². The zero-order chi connectivity index (χ0) is 15.9. The van der Waals surface area contributed by atoms with Crippen LogP contribution in [0.4, 0.5) is 9.18 Å². The first-order valence-electron chi connectivity index (χ1n) is 6.90. The monoisotopic (exact) mass is 298 g/mol. The van der Waals surface area contributed by atoms with Crippen LogP contribution in [0.2, 0.25) is 0 Å². The zero-order valence-corrected chi connectivity index (χ0v) is 12.7. The molecule has 118 valence electrons. The van der Waals surface area contributed by atoms with Gasteiger partial charge in [0.05, 0.1) is 6.61 Å². The predicted molar refractivity (Wildman–Crippen MR) is 78.6 cm³/mol. The van der Waals surface area contributed by atoms with Gasteiger partial charge in [0.15, 0.2) is 0 Å². The van der Waals surface area contributed by atoms with Crippen molar-refractivity contribution in [3.05, 3.63) is 29.6 Å². The second-order valence-electron chi connectivity index (χ2n) is 5.59. The molecule has 1 amide bonds. The van der Waals surface area contributed by atoms with Crippen LogP contribution in [0.25, 0.3) is 0 Å². The van der Waals surface area contributed by atoms with E-state index in [2.05, 4.69) is 5.32 Å². The standard InChI is InChI=1S/C15H23FN2O3/c1-15(2,3)21-14(19)18-7-4-8-20-13-6-5-12(16)9-11(13)10-17/h5-6,9H,4,7-8,10,17H2,1-3H3,(H,18,19). The van der Waals surface area contributed by atoms with E-state index in [1.807, 2.05) is 0 Å². The number of alkyl carbamates (subject to hydrolysis) is 1. The van der Waals surface area contributed by atoms with Crippen LogP contribution in [0.3, 0.4) is 0 Å². The van der Waals surface area contributed by atoms with Crippen LogP contribution in [0.15, 0.2) is 18.2 Å². The Morgan fingerprint density at radius 3 is 2.71 bits per heavy atom. The normalized spacial score (nSPS) is 11.1. The second kappa shape index (κ2) is 7.83. The molecule has 0 fully saturated rings. The number of carbonyl (C=O) groups is 1. The molecule has 0 heterocycles. The summed E-state index contributed by atoms with van der Waals surface area (Å²) in [4.78, 5) is 11.4. The van der Waals surface area contributed by atoms with Gasteiger partial charge in [0.25, 0.3) is 0 Å². The molecule has 5 nitrogen and oxygen atoms in total. The molecular weight excluding hydrogens is 275 g/mol. The Bertz CT molecular complexity index is 472. The number of ether oxygens (including phenoxy) is 2. The Hall–Kier alpha value is -1.82. The minimum Gasteiger partial charge on any atom is -0.493 e. The molecule has 3 N–H and O–H groups in total. The van der Waals surface area contributed by atoms with Gasteiger partial charge in [-0.25, -0.2) is 9.18 Å². The highest BCUT2D eigenvalue weighted by Gasteiger charge is 2.15. The van der Waals surface area contributed by atoms with E-state index in [1.165, 1.54) is 12.1 Å². The molecule has 0 bridgehead atoms. The van der Waals surface area contributed by atoms with Gasteiger partial charge in [-0.3, -0.25) is 0 Å². The second-order valence-corrected chi connectivity index (χ2v) is 5.59. The highest BCUT2D eigenvalue weighted by molar-refractivity contribution is 5.67. The number of amides is 1. The Kier molecular flexibility index (Phi) is 6.42. The Balaban J connectivity index is 2.27. The molecule has 1 rings (SSSR count). The molecule has 0 aliphatic heterocycles. The Labute approximate surface area is 124 Å². The summed E-state index contributed by atoms with van der Waals surface area (Å²) in [6.45, 7) is 6.46. The van der Waals surface area contributed by atoms with Crippen LogP contribution >= 0.6 is 0 Å². The average Bonchev–Trinajstić information content (AvgIpc) is 2.37. The summed E-state index contributed by atoms with van der Waals surface area (Å²) >= 11 is 0. The number of hydrogen-bond acceptors (Lipinski definition) is 4. The van der Waals surface area contributed by atoms with Crippen molar-refractivity contribution in [3.8, 4) is 5.75 Å². The number of carbonyl (C=O) groups excluding carboxylic acids is 1. The van der Waals surface area contributed by atoms with Crippen LogP contribution in [0.1, 0.15) is 32.8 Å². The number of nitrogens with one attached hydrogen (secondary N) is 1. The lowest BCUT2D eigenvalue weighted by molar-refractivity contribution is 0.0525. The van der Waals surface area contributed by atoms with Crippen LogP contribution in [-0.2, 0) is 11.3 Å². The fraction of sp³-hybridized carbons (Fsp3) is 0.533. The molecule has 0 saturated carbocycles. The molecular formula is C15H23FN2O3. The molecule has 0 aliphatic carbocycles. The molecule has 0 radical (unpaired) electrons. The van der Waals surface area contributed by atoms with Crippen LogP contribution in [0, 0.1) is 5.82 Å². The van der Waals surface area contributed by atoms with Gasteiger partial charge in [0, 0.05) is 18.7 Å². The van der Waals surface area contributed by atoms with Crippen LogP contribution in [0.5, 0.6) is 5.75 Å². The van der Waals surface area contributed by atoms with Crippen molar-refractivity contribution in [2.24, 2.45) is 5.73 Å². The molecule has 0 saturated heterocycles. The third kappa shape index (κ3) is 6.94. The fourth-order valence-electron chi connectivity index (χ4n) is 1.61. The van der Waals surface area contributed by atoms with E-state index < -0.39 is 11.7 Å². The summed E-state index contributed by atoms with van der Waals surface area (Å²) in [6.07, 6.45) is 0.160. The van der Waals surface area contributed by atoms with Crippen LogP contribution < -0.4 is 15.8 Å². The number of benzene rings is 1. The van der Waals surface area contributed by atoms with E-state index in [4.69, 9.17) is 15.2 Å². The molecule has 0 atom stereocenters. The molecule has 1 aromatic rings. The van der Waals surface area contributed by atoms with Crippen molar-refractivity contribution < 1.29 is 18.7 Å². The molecule has 0 aromatic heterocycles. The Morgan fingerprint density at radius 2 is 2.10 bits per heavy atom. The summed E-state index contributed by atoms with van der Waals surface area (Å²) in [5.74, 6) is 0.227. The lowest BCUT2D eigenvalue weighted by atomic mass is 10.2. The summed E-state index contributed by atoms with van der Waals surface area (Å²) < 4.78 is 23.7. The highest BCUT2D eigenvalue weighted by Crippen LogP contribution is 2.19. The van der Waals surface area contributed by atoms with Crippen molar-refractivity contribution in [2.45, 2.75) is 39.3 Å². The van der Waals surface area contributed by atoms with Gasteiger partial charge in [0.2, 0.25) is 0 Å². The first-order chi connectivity index (χ1) is 9.81. The van der Waals surface area contributed by atoms with Crippen molar-refractivity contribution in [2.75, 3.05) is 13.2 Å². The molecule has 0 unspecified atom stereocenters. The van der Waals surface area contributed by atoms with Crippen molar-refractivity contribution in [3.63, 3.8) is 0 Å². The van der Waals surface area contributed by atoms with Gasteiger partial charge in [0.1, 0.15) is 17.2 Å². The Morgan fingerprint density at radius 1 is 1.38 bits per heavy atom. The van der Waals surface area contributed by atoms with E-state index >= 15 is 0 Å². The lowest BCUT2D eigenvalue weighted by Gasteiger charge is -2.19. The van der Waals surface area contributed by atoms with E-state index in [9.17, 15) is 9.18 Å². The van der Waals surface area contributed by atoms with Crippen LogP contribution in [-0.4, -0.2) is 24.8 Å². The average molecular weight is 298 g/mol. The minimum atomic E-state index is -0.509. The third-order valence-electron chi connectivity index (χ3n) is 2.49. The number of halogens is 1. The SMILES string of the molecule is CC(C)(C)OC(=O)NCCCOc1ccc(F)cc1CN. The third-order valence-corrected chi connectivity index (χ3v) is 2.49. The molecule has 1 aromatic carbocycles. The first-order valence-corrected chi connectivity index (χ1v) is 6.90. The summed E-state index contributed by atoms with van der Waals surface area (Å²) in [6, 6.07) is 4.24. The highest BCUT2D eigenvalue weighted by atomic mass is 19.1. The van der Waals surface area contributed by atoms with E-state index in [1.54, 1.807) is 26.8 Å². The molecule has 21 heavy (non-hydrogen) atoms. The topological polar surface area (TPSA) is 73.6 Å². The quantitative estimate of drug-likeness (QED) is 0.792. The van der Waals surface area contributed by atoms with Crippen molar-refractivity contribution in [1.82, 2.24) is 5.32 Å². The zero-order valence-electron chi connectivity index (χ0n) is 12.7. The van der Waals surface area contributed by atoms with Gasteiger partial charge < -0.3 is 20.5 Å². The number of rotatable bonds is 6. The molecule has 0 aliphatic rings. The van der Waals surface area contributed by atoms with E-state index in [-0.39, 0.29) is 12.4 Å². The van der Waals surface area contributed by atoms with Crippen molar-refractivity contribution >= 4 is 6.09 Å². The smallest absolute Gasteiger partial charge is 0.407 e. The molecule has 0 spiro atoms. The van der Waals surface area contributed by atoms with Gasteiger partial charge in [-0.2, -0.15) is 0 Å². The fourth-order valence-corrected chi connectivity index (χ4v) is 1.61. The van der Waals surface area contributed by atoms with Gasteiger partial charge >= 0.3 is 6.09 Å². The summed E-state index contributed by atoms with van der Waals surface area (Å²) in [5, 5.41) is 2.64. The number of nitrogens with two attached hydrogens (primary N) is 1. The van der Waals surface area contributed by atoms with E-state index in [0.717, 1.165) is 0 Å². The maximum atomic E-state index is 13.0. The molecule has 6 heteroatoms. The summed E-state index contributed by atoms with van der Waals surface area (Å²) in [5.41, 5.74) is 5.64. The first kappa shape index (κ1) is 17.2. The maximum Gasteiger partial charge on any atom is 0.407 e. The number of hydrogen-bond donors (Lipinski definition) is 2. The largest absolute Gasteiger partial charge is 0.493 e. The van der Waals surface area contributed by atoms with Gasteiger partial charge in [-0.1, -0.05) is 0 Å². The van der Waals surface area contributed by atoms with Crippen molar-refractivity contribution in [1.29, 1.82) is 0 Å². The minimum absolute atomic E-state index is 0.212. The van der Waals surface area contributed by atoms with Gasteiger partial charge in [-0.05, 0) is 45.4 Å². The summed E-state index contributed by atoms with van der Waals surface area (Å²) in [7, 11) is 0. The van der Waals surface area contributed by atoms with Gasteiger partial charge in [-0.15, -0.1) is 0 Å². The predicted octanol–water partition coefficient (Wildman–Crippen LogP) is 2.58.